The lowest BCUT2D eigenvalue weighted by molar-refractivity contribution is -0.122. The molecular weight excluding hydrogens is 196 g/mol. The molecule has 1 fully saturated rings. The van der Waals surface area contributed by atoms with Crippen LogP contribution in [0.1, 0.15) is 12.8 Å². The Morgan fingerprint density at radius 2 is 2.40 bits per heavy atom. The highest BCUT2D eigenvalue weighted by Gasteiger charge is 2.15. The average Bonchev–Trinajstić information content (AvgIpc) is 1.90. The summed E-state index contributed by atoms with van der Waals surface area (Å²) < 4.78 is 0. The highest BCUT2D eigenvalue weighted by Crippen LogP contribution is 2.07. The highest BCUT2D eigenvalue weighted by molar-refractivity contribution is 8.93. The summed E-state index contributed by atoms with van der Waals surface area (Å²) >= 11 is 0. The number of rotatable bonds is 1. The number of nitrogens with two attached hydrogens (primary N) is 1. The van der Waals surface area contributed by atoms with Crippen LogP contribution in [0, 0.1) is 5.92 Å². The molecule has 0 aliphatic carbocycles. The van der Waals surface area contributed by atoms with E-state index in [1.807, 2.05) is 0 Å². The third kappa shape index (κ3) is 2.66. The van der Waals surface area contributed by atoms with E-state index in [0.717, 1.165) is 13.0 Å². The first-order valence-electron chi connectivity index (χ1n) is 3.29. The maximum absolute atomic E-state index is 10.6. The molecule has 0 saturated carbocycles. The number of amides is 1. The molecule has 0 aromatic heterocycles. The lowest BCUT2D eigenvalue weighted by Gasteiger charge is -2.19. The van der Waals surface area contributed by atoms with Gasteiger partial charge in [0.25, 0.3) is 0 Å². The molecule has 1 aliphatic rings. The van der Waals surface area contributed by atoms with Gasteiger partial charge in [0.15, 0.2) is 0 Å². The molecule has 0 radical (unpaired) electrons. The summed E-state index contributed by atoms with van der Waals surface area (Å²) in [5.74, 6) is 0.683. The molecule has 1 amide bonds. The number of hydrogen-bond donors (Lipinski definition) is 2. The second-order valence-corrected chi connectivity index (χ2v) is 2.44. The van der Waals surface area contributed by atoms with Gasteiger partial charge in [-0.15, -0.1) is 17.0 Å². The van der Waals surface area contributed by atoms with Crippen molar-refractivity contribution in [1.82, 2.24) is 5.32 Å². The van der Waals surface area contributed by atoms with Crippen LogP contribution >= 0.6 is 17.0 Å². The van der Waals surface area contributed by atoms with Crippen molar-refractivity contribution in [2.24, 2.45) is 11.7 Å². The molecule has 3 N–H and O–H groups in total. The Morgan fingerprint density at radius 3 is 2.80 bits per heavy atom. The van der Waals surface area contributed by atoms with Crippen LogP contribution in [0.5, 0.6) is 0 Å². The van der Waals surface area contributed by atoms with Crippen molar-refractivity contribution in [3.8, 4) is 0 Å². The van der Waals surface area contributed by atoms with E-state index in [4.69, 9.17) is 5.73 Å². The second-order valence-electron chi connectivity index (χ2n) is 2.44. The van der Waals surface area contributed by atoms with Crippen molar-refractivity contribution in [2.45, 2.75) is 12.8 Å². The van der Waals surface area contributed by atoms with E-state index in [-0.39, 0.29) is 22.9 Å². The smallest absolute Gasteiger partial charge is 0.220 e. The van der Waals surface area contributed by atoms with Crippen LogP contribution < -0.4 is 11.1 Å². The van der Waals surface area contributed by atoms with Gasteiger partial charge in [-0.3, -0.25) is 4.79 Å². The van der Waals surface area contributed by atoms with Gasteiger partial charge in [-0.2, -0.15) is 0 Å². The zero-order valence-corrected chi connectivity index (χ0v) is 7.51. The van der Waals surface area contributed by atoms with Crippen LogP contribution in [0.3, 0.4) is 0 Å². The van der Waals surface area contributed by atoms with E-state index in [9.17, 15) is 4.79 Å². The Labute approximate surface area is 71.1 Å². The van der Waals surface area contributed by atoms with Crippen LogP contribution in [0.15, 0.2) is 0 Å². The first-order chi connectivity index (χ1) is 4.33. The van der Waals surface area contributed by atoms with Gasteiger partial charge in [0.1, 0.15) is 0 Å². The Balaban J connectivity index is 0.000000810. The quantitative estimate of drug-likeness (QED) is 0.641. The van der Waals surface area contributed by atoms with Crippen molar-refractivity contribution < 1.29 is 4.79 Å². The molecule has 10 heavy (non-hydrogen) atoms. The molecule has 0 bridgehead atoms. The van der Waals surface area contributed by atoms with Gasteiger partial charge in [-0.1, -0.05) is 0 Å². The molecular formula is C6H13BrN2O. The fourth-order valence-corrected chi connectivity index (χ4v) is 0.985. The number of carbonyl (C=O) groups is 1. The number of carbonyl (C=O) groups excluding carboxylic acids is 1. The monoisotopic (exact) mass is 208 g/mol. The zero-order valence-electron chi connectivity index (χ0n) is 5.80. The minimum absolute atomic E-state index is 0. The average molecular weight is 209 g/mol. The number of halogens is 1. The van der Waals surface area contributed by atoms with Gasteiger partial charge in [-0.05, 0) is 18.9 Å². The fourth-order valence-electron chi connectivity index (χ4n) is 0.985. The summed E-state index contributed by atoms with van der Waals surface area (Å²) in [6.07, 6.45) is 1.62. The lowest BCUT2D eigenvalue weighted by Crippen LogP contribution is -2.37. The van der Waals surface area contributed by atoms with Gasteiger partial charge >= 0.3 is 0 Å². The van der Waals surface area contributed by atoms with Crippen molar-refractivity contribution in [2.75, 3.05) is 13.1 Å². The summed E-state index contributed by atoms with van der Waals surface area (Å²) in [6, 6.07) is 0. The van der Waals surface area contributed by atoms with Gasteiger partial charge in [0, 0.05) is 13.0 Å². The molecule has 1 aliphatic heterocycles. The van der Waals surface area contributed by atoms with E-state index in [0.29, 0.717) is 18.9 Å². The molecule has 1 saturated heterocycles. The summed E-state index contributed by atoms with van der Waals surface area (Å²) in [5.41, 5.74) is 5.40. The minimum Gasteiger partial charge on any atom is -0.356 e. The molecule has 0 aromatic rings. The van der Waals surface area contributed by atoms with Gasteiger partial charge in [-0.25, -0.2) is 0 Å². The molecule has 0 spiro atoms. The third-order valence-corrected chi connectivity index (χ3v) is 1.70. The van der Waals surface area contributed by atoms with E-state index < -0.39 is 0 Å². The Kier molecular flexibility index (Phi) is 4.64. The topological polar surface area (TPSA) is 55.1 Å². The second kappa shape index (κ2) is 4.68. The predicted octanol–water partition coefficient (Wildman–Crippen LogP) is 0.0492. The fraction of sp³-hybridized carbons (Fsp3) is 0.833. The first-order valence-corrected chi connectivity index (χ1v) is 3.29. The summed E-state index contributed by atoms with van der Waals surface area (Å²) in [5, 5.41) is 2.76. The molecule has 4 heteroatoms. The van der Waals surface area contributed by atoms with Crippen LogP contribution in [0.25, 0.3) is 0 Å². The number of hydrogen-bond acceptors (Lipinski definition) is 2. The highest BCUT2D eigenvalue weighted by atomic mass is 79.9. The van der Waals surface area contributed by atoms with E-state index in [1.54, 1.807) is 0 Å². The van der Waals surface area contributed by atoms with Crippen LogP contribution in [-0.2, 0) is 4.79 Å². The Hall–Kier alpha value is -0.0900. The summed E-state index contributed by atoms with van der Waals surface area (Å²) in [7, 11) is 0. The van der Waals surface area contributed by atoms with Crippen LogP contribution in [0.2, 0.25) is 0 Å². The van der Waals surface area contributed by atoms with Crippen molar-refractivity contribution in [3.05, 3.63) is 0 Å². The molecule has 1 unspecified atom stereocenters. The van der Waals surface area contributed by atoms with E-state index >= 15 is 0 Å². The van der Waals surface area contributed by atoms with Crippen molar-refractivity contribution >= 4 is 22.9 Å². The molecule has 0 aromatic carbocycles. The Bertz CT molecular complexity index is 108. The first kappa shape index (κ1) is 9.91. The minimum atomic E-state index is 0. The Morgan fingerprint density at radius 1 is 1.70 bits per heavy atom. The van der Waals surface area contributed by atoms with Gasteiger partial charge in [0.05, 0.1) is 0 Å². The van der Waals surface area contributed by atoms with Gasteiger partial charge in [0.2, 0.25) is 5.91 Å². The SMILES string of the molecule is Br.NCC1CCC(=O)NC1. The summed E-state index contributed by atoms with van der Waals surface area (Å²) in [4.78, 5) is 10.6. The molecule has 1 rings (SSSR count). The number of nitrogens with one attached hydrogen (secondary N) is 1. The standard InChI is InChI=1S/C6H12N2O.BrH/c7-3-5-1-2-6(9)8-4-5;/h5H,1-4,7H2,(H,8,9);1H. The maximum Gasteiger partial charge on any atom is 0.220 e. The largest absolute Gasteiger partial charge is 0.356 e. The third-order valence-electron chi connectivity index (χ3n) is 1.70. The normalized spacial score (nSPS) is 24.9. The van der Waals surface area contributed by atoms with Gasteiger partial charge < -0.3 is 11.1 Å². The van der Waals surface area contributed by atoms with E-state index in [2.05, 4.69) is 5.32 Å². The van der Waals surface area contributed by atoms with Crippen LogP contribution in [0.4, 0.5) is 0 Å². The lowest BCUT2D eigenvalue weighted by atomic mass is 10.00. The van der Waals surface area contributed by atoms with Crippen molar-refractivity contribution in [3.63, 3.8) is 0 Å². The van der Waals surface area contributed by atoms with Crippen molar-refractivity contribution in [1.29, 1.82) is 0 Å². The number of piperidine rings is 1. The molecule has 1 atom stereocenters. The molecule has 3 nitrogen and oxygen atoms in total. The van der Waals surface area contributed by atoms with E-state index in [1.165, 1.54) is 0 Å². The predicted molar refractivity (Wildman–Crippen MR) is 45.1 cm³/mol. The maximum atomic E-state index is 10.6. The van der Waals surface area contributed by atoms with Crippen LogP contribution in [-0.4, -0.2) is 19.0 Å². The molecule has 1 heterocycles. The zero-order chi connectivity index (χ0) is 6.69. The summed E-state index contributed by atoms with van der Waals surface area (Å²) in [6.45, 7) is 1.47. The molecule has 60 valence electrons.